The molecule has 0 radical (unpaired) electrons. The van der Waals surface area contributed by atoms with Crippen molar-refractivity contribution in [3.05, 3.63) is 77.3 Å². The van der Waals surface area contributed by atoms with Crippen LogP contribution in [-0.4, -0.2) is 41.3 Å². The van der Waals surface area contributed by atoms with Gasteiger partial charge in [-0.2, -0.15) is 18.3 Å². The summed E-state index contributed by atoms with van der Waals surface area (Å²) in [5.74, 6) is -0.0692. The lowest BCUT2D eigenvalue weighted by atomic mass is 10.00. The van der Waals surface area contributed by atoms with Crippen LogP contribution < -0.4 is 4.90 Å². The predicted octanol–water partition coefficient (Wildman–Crippen LogP) is 4.61. The second-order valence-corrected chi connectivity index (χ2v) is 8.10. The van der Waals surface area contributed by atoms with Gasteiger partial charge < -0.3 is 14.3 Å². The van der Waals surface area contributed by atoms with Crippen molar-refractivity contribution in [1.29, 1.82) is 0 Å². The molecule has 5 aromatic rings. The molecule has 1 aliphatic heterocycles. The number of fused-ring (bicyclic) bond motifs is 2. The van der Waals surface area contributed by atoms with Crippen molar-refractivity contribution < 1.29 is 26.4 Å². The molecular weight excluding hydrogens is 487 g/mol. The summed E-state index contributed by atoms with van der Waals surface area (Å²) in [6.45, 7) is 0.400. The molecule has 0 aliphatic carbocycles. The summed E-state index contributed by atoms with van der Waals surface area (Å²) in [6.07, 6.45) is -2.85. The number of aromatic nitrogens is 7. The van der Waals surface area contributed by atoms with Crippen LogP contribution in [0.1, 0.15) is 40.7 Å². The quantitative estimate of drug-likeness (QED) is 0.358. The second kappa shape index (κ2) is 8.10. The monoisotopic (exact) mass is 502 g/mol. The summed E-state index contributed by atoms with van der Waals surface area (Å²) in [7, 11) is 0. The molecule has 0 spiro atoms. The number of pyridine rings is 2. The van der Waals surface area contributed by atoms with E-state index in [0.29, 0.717) is 30.6 Å². The molecule has 0 unspecified atom stereocenters. The molecule has 9 nitrogen and oxygen atoms in total. The van der Waals surface area contributed by atoms with Gasteiger partial charge in [0.05, 0.1) is 28.8 Å². The first-order valence-electron chi connectivity index (χ1n) is 10.7. The number of alkyl halides is 5. The molecule has 0 aromatic carbocycles. The van der Waals surface area contributed by atoms with Crippen molar-refractivity contribution in [3.8, 4) is 11.6 Å². The Morgan fingerprint density at radius 2 is 1.97 bits per heavy atom. The van der Waals surface area contributed by atoms with Gasteiger partial charge in [0.1, 0.15) is 11.7 Å². The van der Waals surface area contributed by atoms with Crippen molar-refractivity contribution in [3.63, 3.8) is 0 Å². The van der Waals surface area contributed by atoms with Crippen molar-refractivity contribution in [2.24, 2.45) is 0 Å². The van der Waals surface area contributed by atoms with Crippen molar-refractivity contribution in [2.45, 2.75) is 25.1 Å². The third-order valence-electron chi connectivity index (χ3n) is 5.96. The molecule has 1 N–H and O–H groups in total. The van der Waals surface area contributed by atoms with Crippen LogP contribution in [0.2, 0.25) is 0 Å². The number of hydrogen-bond donors (Lipinski definition) is 1. The van der Waals surface area contributed by atoms with E-state index in [2.05, 4.69) is 30.2 Å². The second-order valence-electron chi connectivity index (χ2n) is 8.10. The Hall–Kier alpha value is -4.36. The third kappa shape index (κ3) is 3.65. The number of nitrogens with zero attached hydrogens (tertiary/aromatic N) is 7. The standard InChI is InChI=1S/C22H15F5N8O/c23-19(24)12-2-1-6-35-16(12)8-15(33-35)18-17-13(29-10-30-17)5-7-34(18)21-32-31-20(36-21)14-4-3-11(9-28-14)22(25,26)27/h1-4,6,8-10,18-19H,5,7H2,(H,29,30)/t18-/m0/s1. The van der Waals surface area contributed by atoms with E-state index < -0.39 is 24.2 Å². The van der Waals surface area contributed by atoms with Gasteiger partial charge in [0.25, 0.3) is 12.3 Å². The van der Waals surface area contributed by atoms with Gasteiger partial charge in [-0.25, -0.2) is 18.3 Å². The molecule has 14 heteroatoms. The van der Waals surface area contributed by atoms with E-state index in [0.717, 1.165) is 17.8 Å². The number of halogens is 5. The minimum absolute atomic E-state index is 0.0662. The van der Waals surface area contributed by atoms with Crippen LogP contribution in [0.5, 0.6) is 0 Å². The molecule has 184 valence electrons. The predicted molar refractivity (Wildman–Crippen MR) is 114 cm³/mol. The zero-order valence-electron chi connectivity index (χ0n) is 18.1. The molecule has 1 aliphatic rings. The highest BCUT2D eigenvalue weighted by molar-refractivity contribution is 5.58. The number of rotatable bonds is 4. The van der Waals surface area contributed by atoms with Crippen LogP contribution in [-0.2, 0) is 12.6 Å². The Kier molecular flexibility index (Phi) is 4.98. The minimum atomic E-state index is -4.52. The fraction of sp³-hybridized carbons (Fsp3) is 0.227. The first-order valence-corrected chi connectivity index (χ1v) is 10.7. The molecule has 0 saturated carbocycles. The van der Waals surface area contributed by atoms with Gasteiger partial charge in [0.15, 0.2) is 0 Å². The summed E-state index contributed by atoms with van der Waals surface area (Å²) in [5, 5.41) is 12.5. The summed E-state index contributed by atoms with van der Waals surface area (Å²) in [6, 6.07) is 5.85. The highest BCUT2D eigenvalue weighted by Gasteiger charge is 2.36. The normalized spacial score (nSPS) is 16.2. The van der Waals surface area contributed by atoms with Crippen LogP contribution in [0.3, 0.4) is 0 Å². The Morgan fingerprint density at radius 3 is 2.72 bits per heavy atom. The van der Waals surface area contributed by atoms with Crippen molar-refractivity contribution in [2.75, 3.05) is 11.4 Å². The highest BCUT2D eigenvalue weighted by atomic mass is 19.4. The van der Waals surface area contributed by atoms with Crippen LogP contribution in [0.25, 0.3) is 17.1 Å². The molecule has 6 heterocycles. The fourth-order valence-corrected chi connectivity index (χ4v) is 4.28. The van der Waals surface area contributed by atoms with E-state index in [1.54, 1.807) is 17.2 Å². The maximum Gasteiger partial charge on any atom is 0.417 e. The number of H-pyrrole nitrogens is 1. The SMILES string of the molecule is FC(F)c1cccn2nc([C@H]3c4nc[nH]c4CCN3c3nnc(-c4ccc(C(F)(F)F)cn4)o3)cc12. The zero-order valence-corrected chi connectivity index (χ0v) is 18.1. The molecule has 5 aromatic heterocycles. The number of hydrogen-bond acceptors (Lipinski definition) is 7. The summed E-state index contributed by atoms with van der Waals surface area (Å²) in [5.41, 5.74) is 1.18. The number of imidazole rings is 1. The zero-order chi connectivity index (χ0) is 25.0. The lowest BCUT2D eigenvalue weighted by Crippen LogP contribution is -2.36. The van der Waals surface area contributed by atoms with Crippen LogP contribution in [0, 0.1) is 0 Å². The summed E-state index contributed by atoms with van der Waals surface area (Å²) >= 11 is 0. The molecular formula is C22H15F5N8O. The molecule has 0 fully saturated rings. The maximum absolute atomic E-state index is 13.6. The Bertz CT molecular complexity index is 1540. The van der Waals surface area contributed by atoms with Gasteiger partial charge in [0.2, 0.25) is 0 Å². The van der Waals surface area contributed by atoms with E-state index in [-0.39, 0.29) is 28.7 Å². The maximum atomic E-state index is 13.6. The van der Waals surface area contributed by atoms with E-state index >= 15 is 0 Å². The number of aromatic amines is 1. The molecule has 0 bridgehead atoms. The van der Waals surface area contributed by atoms with Gasteiger partial charge in [0, 0.05) is 36.6 Å². The number of anilines is 1. The summed E-state index contributed by atoms with van der Waals surface area (Å²) in [4.78, 5) is 13.0. The molecule has 0 amide bonds. The Balaban J connectivity index is 1.40. The first-order chi connectivity index (χ1) is 17.3. The lowest BCUT2D eigenvalue weighted by Gasteiger charge is -2.32. The lowest BCUT2D eigenvalue weighted by molar-refractivity contribution is -0.137. The first kappa shape index (κ1) is 22.1. The highest BCUT2D eigenvalue weighted by Crippen LogP contribution is 2.38. The fourth-order valence-electron chi connectivity index (χ4n) is 4.28. The Labute approximate surface area is 198 Å². The van der Waals surface area contributed by atoms with E-state index in [1.807, 2.05) is 0 Å². The largest absolute Gasteiger partial charge is 0.417 e. The molecule has 6 rings (SSSR count). The third-order valence-corrected chi connectivity index (χ3v) is 5.96. The van der Waals surface area contributed by atoms with E-state index in [9.17, 15) is 22.0 Å². The van der Waals surface area contributed by atoms with Crippen molar-refractivity contribution in [1.82, 2.24) is 34.8 Å². The van der Waals surface area contributed by atoms with E-state index in [1.165, 1.54) is 23.0 Å². The van der Waals surface area contributed by atoms with E-state index in [4.69, 9.17) is 4.42 Å². The topological polar surface area (TPSA) is 101 Å². The smallest absolute Gasteiger partial charge is 0.402 e. The molecule has 0 saturated heterocycles. The van der Waals surface area contributed by atoms with Gasteiger partial charge in [-0.05, 0) is 30.3 Å². The average molecular weight is 502 g/mol. The van der Waals surface area contributed by atoms with Crippen LogP contribution >= 0.6 is 0 Å². The Morgan fingerprint density at radius 1 is 1.11 bits per heavy atom. The molecule has 36 heavy (non-hydrogen) atoms. The molecule has 1 atom stereocenters. The minimum Gasteiger partial charge on any atom is -0.402 e. The van der Waals surface area contributed by atoms with Gasteiger partial charge >= 0.3 is 12.2 Å². The number of nitrogens with one attached hydrogen (secondary N) is 1. The summed E-state index contributed by atoms with van der Waals surface area (Å²) < 4.78 is 72.9. The van der Waals surface area contributed by atoms with Gasteiger partial charge in [-0.15, -0.1) is 5.10 Å². The van der Waals surface area contributed by atoms with Crippen LogP contribution in [0.4, 0.5) is 28.0 Å². The van der Waals surface area contributed by atoms with Crippen LogP contribution in [0.15, 0.2) is 53.5 Å². The van der Waals surface area contributed by atoms with Gasteiger partial charge in [-0.1, -0.05) is 5.10 Å². The average Bonchev–Trinajstić information content (AvgIpc) is 3.61. The van der Waals surface area contributed by atoms with Crippen molar-refractivity contribution >= 4 is 11.5 Å². The van der Waals surface area contributed by atoms with Gasteiger partial charge in [-0.3, -0.25) is 4.98 Å².